The number of hydrogen-bond acceptors (Lipinski definition) is 3. The summed E-state index contributed by atoms with van der Waals surface area (Å²) in [5, 5.41) is 0. The normalized spacial score (nSPS) is 14.4. The first-order valence-electron chi connectivity index (χ1n) is 3.60. The van der Waals surface area contributed by atoms with E-state index in [-0.39, 0.29) is 6.61 Å². The van der Waals surface area contributed by atoms with Crippen LogP contribution < -0.4 is 9.47 Å². The van der Waals surface area contributed by atoms with Gasteiger partial charge in [0.05, 0.1) is 4.47 Å². The van der Waals surface area contributed by atoms with Crippen molar-refractivity contribution in [2.24, 2.45) is 0 Å². The zero-order valence-corrected chi connectivity index (χ0v) is 11.4. The van der Waals surface area contributed by atoms with Crippen LogP contribution >= 0.6 is 47.8 Å². The van der Waals surface area contributed by atoms with Crippen LogP contribution in [-0.2, 0) is 4.79 Å². The lowest BCUT2D eigenvalue weighted by Crippen LogP contribution is -2.23. The molecule has 0 radical (unpaired) electrons. The van der Waals surface area contributed by atoms with E-state index in [2.05, 4.69) is 47.8 Å². The van der Waals surface area contributed by atoms with E-state index in [0.29, 0.717) is 16.0 Å². The Bertz CT molecular complexity index is 417. The average molecular weight is 387 g/mol. The number of hydrogen-bond donors (Lipinski definition) is 0. The molecule has 0 atom stereocenters. The molecule has 0 aromatic heterocycles. The molecule has 6 heteroatoms. The van der Waals surface area contributed by atoms with Crippen LogP contribution in [0.1, 0.15) is 0 Å². The number of carbonyl (C=O) groups excluding carboxylic acids is 1. The Hall–Kier alpha value is -0.0700. The summed E-state index contributed by atoms with van der Waals surface area (Å²) in [6.07, 6.45) is 0. The summed E-state index contributed by atoms with van der Waals surface area (Å²) in [5.41, 5.74) is 0. The van der Waals surface area contributed by atoms with Gasteiger partial charge in [-0.05, 0) is 53.9 Å². The first-order chi connectivity index (χ1) is 6.59. The Kier molecular flexibility index (Phi) is 2.86. The molecule has 2 rings (SSSR count). The van der Waals surface area contributed by atoms with Crippen LogP contribution in [0, 0.1) is 0 Å². The molecule has 0 saturated heterocycles. The van der Waals surface area contributed by atoms with Gasteiger partial charge in [0.2, 0.25) is 0 Å². The van der Waals surface area contributed by atoms with Gasteiger partial charge in [-0.25, -0.2) is 4.79 Å². The van der Waals surface area contributed by atoms with E-state index in [4.69, 9.17) is 9.47 Å². The molecule has 1 heterocycles. The lowest BCUT2D eigenvalue weighted by atomic mass is 10.3. The van der Waals surface area contributed by atoms with Gasteiger partial charge in [0.1, 0.15) is 0 Å². The zero-order chi connectivity index (χ0) is 10.3. The fourth-order valence-corrected chi connectivity index (χ4v) is 2.50. The minimum atomic E-state index is -0.396. The highest BCUT2D eigenvalue weighted by molar-refractivity contribution is 9.14. The highest BCUT2D eigenvalue weighted by Crippen LogP contribution is 2.45. The summed E-state index contributed by atoms with van der Waals surface area (Å²) >= 11 is 9.99. The van der Waals surface area contributed by atoms with Gasteiger partial charge in [0.25, 0.3) is 0 Å². The van der Waals surface area contributed by atoms with Crippen LogP contribution in [0.15, 0.2) is 19.5 Å². The van der Waals surface area contributed by atoms with Crippen molar-refractivity contribution in [2.45, 2.75) is 0 Å². The van der Waals surface area contributed by atoms with E-state index in [1.54, 1.807) is 6.07 Å². The van der Waals surface area contributed by atoms with E-state index in [0.717, 1.165) is 8.95 Å². The number of ether oxygens (including phenoxy) is 2. The molecule has 0 bridgehead atoms. The molecule has 0 unspecified atom stereocenters. The maximum absolute atomic E-state index is 11.0. The third kappa shape index (κ3) is 1.70. The molecule has 0 amide bonds. The standard InChI is InChI=1S/C8H3Br3O3/c9-3-1-4-8(7(11)6(3)10)14-5(12)2-13-4/h1H,2H2. The molecular formula is C8H3Br3O3. The summed E-state index contributed by atoms with van der Waals surface area (Å²) in [6.45, 7) is -0.0481. The van der Waals surface area contributed by atoms with Crippen LogP contribution in [0.4, 0.5) is 0 Å². The number of benzene rings is 1. The van der Waals surface area contributed by atoms with Crippen molar-refractivity contribution in [3.8, 4) is 11.5 Å². The lowest BCUT2D eigenvalue weighted by Gasteiger charge is -2.18. The molecule has 0 fully saturated rings. The van der Waals surface area contributed by atoms with E-state index in [9.17, 15) is 4.79 Å². The first kappa shape index (κ1) is 10.4. The number of fused-ring (bicyclic) bond motifs is 1. The maximum Gasteiger partial charge on any atom is 0.349 e. The summed E-state index contributed by atoms with van der Waals surface area (Å²) in [5.74, 6) is 0.565. The summed E-state index contributed by atoms with van der Waals surface area (Å²) < 4.78 is 12.5. The van der Waals surface area contributed by atoms with Crippen molar-refractivity contribution < 1.29 is 14.3 Å². The molecule has 74 valence electrons. The topological polar surface area (TPSA) is 35.5 Å². The van der Waals surface area contributed by atoms with Crippen LogP contribution in [0.5, 0.6) is 11.5 Å². The van der Waals surface area contributed by atoms with E-state index < -0.39 is 5.97 Å². The second-order valence-corrected chi connectivity index (χ2v) is 5.02. The molecule has 1 aromatic carbocycles. The monoisotopic (exact) mass is 384 g/mol. The number of rotatable bonds is 0. The molecule has 3 nitrogen and oxygen atoms in total. The molecule has 14 heavy (non-hydrogen) atoms. The number of esters is 1. The van der Waals surface area contributed by atoms with Gasteiger partial charge in [0, 0.05) is 8.95 Å². The Morgan fingerprint density at radius 3 is 2.64 bits per heavy atom. The van der Waals surface area contributed by atoms with Crippen molar-refractivity contribution in [3.05, 3.63) is 19.5 Å². The second-order valence-electron chi connectivity index (χ2n) is 2.58. The lowest BCUT2D eigenvalue weighted by molar-refractivity contribution is -0.138. The summed E-state index contributed by atoms with van der Waals surface area (Å²) in [6, 6.07) is 1.75. The number of carbonyl (C=O) groups is 1. The van der Waals surface area contributed by atoms with Crippen LogP contribution in [0.25, 0.3) is 0 Å². The Labute approximate surface area is 105 Å². The third-order valence-electron chi connectivity index (χ3n) is 1.64. The van der Waals surface area contributed by atoms with Gasteiger partial charge >= 0.3 is 5.97 Å². The summed E-state index contributed by atoms with van der Waals surface area (Å²) in [4.78, 5) is 11.0. The SMILES string of the molecule is O=C1COc2cc(Br)c(Br)c(Br)c2O1. The minimum Gasteiger partial charge on any atom is -0.478 e. The molecule has 0 spiro atoms. The van der Waals surface area contributed by atoms with E-state index >= 15 is 0 Å². The zero-order valence-electron chi connectivity index (χ0n) is 6.64. The van der Waals surface area contributed by atoms with E-state index in [1.807, 2.05) is 0 Å². The Morgan fingerprint density at radius 2 is 1.93 bits per heavy atom. The second kappa shape index (κ2) is 3.83. The van der Waals surface area contributed by atoms with Crippen molar-refractivity contribution in [1.82, 2.24) is 0 Å². The fraction of sp³-hybridized carbons (Fsp3) is 0.125. The highest BCUT2D eigenvalue weighted by Gasteiger charge is 2.23. The largest absolute Gasteiger partial charge is 0.478 e. The predicted molar refractivity (Wildman–Crippen MR) is 60.7 cm³/mol. The third-order valence-corrected chi connectivity index (χ3v) is 4.91. The minimum absolute atomic E-state index is 0.0481. The maximum atomic E-state index is 11.0. The van der Waals surface area contributed by atoms with Crippen LogP contribution in [0.2, 0.25) is 0 Å². The number of halogens is 3. The van der Waals surface area contributed by atoms with Crippen LogP contribution in [0.3, 0.4) is 0 Å². The predicted octanol–water partition coefficient (Wildman–Crippen LogP) is 3.27. The van der Waals surface area contributed by atoms with Gasteiger partial charge in [-0.3, -0.25) is 0 Å². The molecule has 0 saturated carbocycles. The van der Waals surface area contributed by atoms with E-state index in [1.165, 1.54) is 0 Å². The van der Waals surface area contributed by atoms with Gasteiger partial charge < -0.3 is 9.47 Å². The fourth-order valence-electron chi connectivity index (χ4n) is 1.04. The van der Waals surface area contributed by atoms with Gasteiger partial charge in [-0.15, -0.1) is 0 Å². The highest BCUT2D eigenvalue weighted by atomic mass is 79.9. The van der Waals surface area contributed by atoms with Crippen molar-refractivity contribution in [3.63, 3.8) is 0 Å². The Balaban J connectivity index is 2.60. The first-order valence-corrected chi connectivity index (χ1v) is 5.98. The molecule has 1 aliphatic rings. The smallest absolute Gasteiger partial charge is 0.349 e. The Morgan fingerprint density at radius 1 is 1.21 bits per heavy atom. The van der Waals surface area contributed by atoms with Gasteiger partial charge in [0.15, 0.2) is 18.1 Å². The molecule has 0 N–H and O–H groups in total. The van der Waals surface area contributed by atoms with Crippen molar-refractivity contribution in [2.75, 3.05) is 6.61 Å². The molecule has 1 aliphatic heterocycles. The van der Waals surface area contributed by atoms with Crippen molar-refractivity contribution in [1.29, 1.82) is 0 Å². The quantitative estimate of drug-likeness (QED) is 0.390. The van der Waals surface area contributed by atoms with Crippen LogP contribution in [-0.4, -0.2) is 12.6 Å². The van der Waals surface area contributed by atoms with Gasteiger partial charge in [-0.1, -0.05) is 0 Å². The molecule has 0 aliphatic carbocycles. The summed E-state index contributed by atoms with van der Waals surface area (Å²) in [7, 11) is 0. The average Bonchev–Trinajstić information content (AvgIpc) is 2.16. The van der Waals surface area contributed by atoms with Crippen molar-refractivity contribution >= 4 is 53.8 Å². The van der Waals surface area contributed by atoms with Gasteiger partial charge in [-0.2, -0.15) is 0 Å². The molecular weight excluding hydrogens is 384 g/mol. The molecule has 1 aromatic rings.